The van der Waals surface area contributed by atoms with Gasteiger partial charge in [0.2, 0.25) is 0 Å². The van der Waals surface area contributed by atoms with Crippen LogP contribution < -0.4 is 5.73 Å². The van der Waals surface area contributed by atoms with Crippen molar-refractivity contribution >= 4 is 5.69 Å². The van der Waals surface area contributed by atoms with E-state index in [4.69, 9.17) is 10.5 Å². The molecule has 20 heavy (non-hydrogen) atoms. The van der Waals surface area contributed by atoms with E-state index in [1.165, 1.54) is 0 Å². The van der Waals surface area contributed by atoms with Gasteiger partial charge >= 0.3 is 0 Å². The molecule has 1 aromatic heterocycles. The summed E-state index contributed by atoms with van der Waals surface area (Å²) >= 11 is 0. The molecule has 1 fully saturated rings. The van der Waals surface area contributed by atoms with Crippen LogP contribution in [0.1, 0.15) is 30.9 Å². The second kappa shape index (κ2) is 5.20. The van der Waals surface area contributed by atoms with E-state index in [-0.39, 0.29) is 12.1 Å². The molecule has 0 bridgehead atoms. The van der Waals surface area contributed by atoms with Gasteiger partial charge < -0.3 is 10.5 Å². The number of methoxy groups -OCH3 is 1. The van der Waals surface area contributed by atoms with Gasteiger partial charge in [0.1, 0.15) is 0 Å². The van der Waals surface area contributed by atoms with Gasteiger partial charge in [0.15, 0.2) is 5.82 Å². The molecule has 0 saturated heterocycles. The van der Waals surface area contributed by atoms with E-state index in [0.29, 0.717) is 0 Å². The lowest BCUT2D eigenvalue weighted by molar-refractivity contribution is 0.0708. The van der Waals surface area contributed by atoms with Crippen molar-refractivity contribution in [3.05, 3.63) is 23.8 Å². The molecule has 1 heterocycles. The van der Waals surface area contributed by atoms with Crippen LogP contribution in [0.5, 0.6) is 0 Å². The number of nitrogen functional groups attached to an aromatic ring is 1. The molecule has 1 aliphatic rings. The summed E-state index contributed by atoms with van der Waals surface area (Å²) in [6, 6.07) is 6.02. The summed E-state index contributed by atoms with van der Waals surface area (Å²) in [7, 11) is 1.75. The van der Waals surface area contributed by atoms with Crippen LogP contribution in [-0.2, 0) is 4.74 Å². The molecule has 0 radical (unpaired) electrons. The maximum atomic E-state index is 5.98. The van der Waals surface area contributed by atoms with Gasteiger partial charge in [-0.1, -0.05) is 12.1 Å². The van der Waals surface area contributed by atoms with Crippen molar-refractivity contribution in [1.29, 1.82) is 0 Å². The highest BCUT2D eigenvalue weighted by Crippen LogP contribution is 2.35. The molecule has 2 unspecified atom stereocenters. The van der Waals surface area contributed by atoms with Gasteiger partial charge in [-0.2, -0.15) is 0 Å². The molecule has 1 aromatic carbocycles. The Kier molecular flexibility index (Phi) is 3.40. The normalized spacial score (nSPS) is 22.3. The molecule has 1 saturated carbocycles. The minimum Gasteiger partial charge on any atom is -0.398 e. The lowest BCUT2D eigenvalue weighted by Crippen LogP contribution is -2.22. The Labute approximate surface area is 117 Å². The van der Waals surface area contributed by atoms with E-state index in [1.54, 1.807) is 7.11 Å². The summed E-state index contributed by atoms with van der Waals surface area (Å²) in [6.07, 6.45) is 3.41. The van der Waals surface area contributed by atoms with Gasteiger partial charge in [-0.15, -0.1) is 5.10 Å². The lowest BCUT2D eigenvalue weighted by Gasteiger charge is -2.19. The monoisotopic (exact) mass is 273 g/mol. The quantitative estimate of drug-likeness (QED) is 0.865. The van der Waals surface area contributed by atoms with Crippen LogP contribution in [0.25, 0.3) is 11.4 Å². The third-order valence-electron chi connectivity index (χ3n) is 4.14. The maximum absolute atomic E-state index is 5.98. The number of ether oxygens (including phenoxy) is 1. The molecule has 2 N–H and O–H groups in total. The first-order valence-corrected chi connectivity index (χ1v) is 6.88. The zero-order valence-corrected chi connectivity index (χ0v) is 11.8. The average molecular weight is 273 g/mol. The number of hydrogen-bond acceptors (Lipinski definition) is 5. The van der Waals surface area contributed by atoms with Crippen molar-refractivity contribution in [3.8, 4) is 11.4 Å². The molecule has 3 rings (SSSR count). The fourth-order valence-corrected chi connectivity index (χ4v) is 2.95. The minimum absolute atomic E-state index is 0.179. The minimum atomic E-state index is 0.179. The number of anilines is 1. The van der Waals surface area contributed by atoms with Gasteiger partial charge in [-0.3, -0.25) is 0 Å². The van der Waals surface area contributed by atoms with Gasteiger partial charge in [0.25, 0.3) is 0 Å². The van der Waals surface area contributed by atoms with E-state index in [2.05, 4.69) is 15.5 Å². The van der Waals surface area contributed by atoms with Gasteiger partial charge in [-0.05, 0) is 48.2 Å². The van der Waals surface area contributed by atoms with Gasteiger partial charge in [-0.25, -0.2) is 4.68 Å². The molecule has 6 heteroatoms. The number of aromatic nitrogens is 4. The van der Waals surface area contributed by atoms with E-state index >= 15 is 0 Å². The van der Waals surface area contributed by atoms with Crippen LogP contribution in [0.3, 0.4) is 0 Å². The first-order chi connectivity index (χ1) is 9.72. The molecule has 2 aromatic rings. The summed E-state index contributed by atoms with van der Waals surface area (Å²) < 4.78 is 7.44. The topological polar surface area (TPSA) is 78.8 Å². The van der Waals surface area contributed by atoms with Crippen molar-refractivity contribution in [2.45, 2.75) is 38.3 Å². The molecule has 6 nitrogen and oxygen atoms in total. The van der Waals surface area contributed by atoms with Crippen molar-refractivity contribution in [1.82, 2.24) is 20.2 Å². The highest BCUT2D eigenvalue weighted by atomic mass is 16.5. The standard InChI is InChI=1S/C14H19N5O/c1-9-10(5-3-6-11(9)15)14-16-17-18-19(14)12-7-4-8-13(12)20-2/h3,5-6,12-13H,4,7-8,15H2,1-2H3. The number of benzene rings is 1. The molecule has 0 aliphatic heterocycles. The van der Waals surface area contributed by atoms with E-state index in [1.807, 2.05) is 29.8 Å². The zero-order chi connectivity index (χ0) is 14.1. The Morgan fingerprint density at radius 1 is 1.35 bits per heavy atom. The van der Waals surface area contributed by atoms with Crippen LogP contribution in [0.2, 0.25) is 0 Å². The Bertz CT molecular complexity index is 609. The van der Waals surface area contributed by atoms with Crippen molar-refractivity contribution in [2.24, 2.45) is 0 Å². The lowest BCUT2D eigenvalue weighted by atomic mass is 10.1. The Morgan fingerprint density at radius 3 is 3.00 bits per heavy atom. The molecule has 2 atom stereocenters. The Hall–Kier alpha value is -1.95. The summed E-state index contributed by atoms with van der Waals surface area (Å²) in [4.78, 5) is 0. The van der Waals surface area contributed by atoms with Crippen LogP contribution in [0.15, 0.2) is 18.2 Å². The van der Waals surface area contributed by atoms with E-state index < -0.39 is 0 Å². The largest absolute Gasteiger partial charge is 0.398 e. The smallest absolute Gasteiger partial charge is 0.182 e. The van der Waals surface area contributed by atoms with Crippen LogP contribution in [0, 0.1) is 6.92 Å². The maximum Gasteiger partial charge on any atom is 0.182 e. The second-order valence-corrected chi connectivity index (χ2v) is 5.24. The van der Waals surface area contributed by atoms with E-state index in [9.17, 15) is 0 Å². The summed E-state index contributed by atoms with van der Waals surface area (Å²) in [5, 5.41) is 12.2. The third kappa shape index (κ3) is 2.06. The van der Waals surface area contributed by atoms with E-state index in [0.717, 1.165) is 41.9 Å². The Balaban J connectivity index is 2.04. The molecule has 106 valence electrons. The molecular weight excluding hydrogens is 254 g/mol. The Morgan fingerprint density at radius 2 is 2.20 bits per heavy atom. The second-order valence-electron chi connectivity index (χ2n) is 5.24. The van der Waals surface area contributed by atoms with Crippen molar-refractivity contribution < 1.29 is 4.74 Å². The predicted octanol–water partition coefficient (Wildman–Crippen LogP) is 1.97. The number of hydrogen-bond donors (Lipinski definition) is 1. The summed E-state index contributed by atoms with van der Waals surface area (Å²) in [5.41, 5.74) is 8.73. The van der Waals surface area contributed by atoms with Crippen LogP contribution in [-0.4, -0.2) is 33.4 Å². The zero-order valence-electron chi connectivity index (χ0n) is 11.8. The molecule has 0 spiro atoms. The van der Waals surface area contributed by atoms with Crippen LogP contribution >= 0.6 is 0 Å². The number of rotatable bonds is 3. The number of nitrogens with zero attached hydrogens (tertiary/aromatic N) is 4. The first kappa shape index (κ1) is 13.1. The highest BCUT2D eigenvalue weighted by Gasteiger charge is 2.32. The SMILES string of the molecule is COC1CCCC1n1nnnc1-c1cccc(N)c1C. The third-order valence-corrected chi connectivity index (χ3v) is 4.14. The summed E-state index contributed by atoms with van der Waals surface area (Å²) in [5.74, 6) is 0.767. The van der Waals surface area contributed by atoms with Gasteiger partial charge in [0, 0.05) is 18.4 Å². The molecule has 1 aliphatic carbocycles. The molecular formula is C14H19N5O. The summed E-state index contributed by atoms with van der Waals surface area (Å²) in [6.45, 7) is 1.99. The predicted molar refractivity (Wildman–Crippen MR) is 76.1 cm³/mol. The van der Waals surface area contributed by atoms with Crippen molar-refractivity contribution in [3.63, 3.8) is 0 Å². The highest BCUT2D eigenvalue weighted by molar-refractivity contribution is 5.67. The van der Waals surface area contributed by atoms with Gasteiger partial charge in [0.05, 0.1) is 12.1 Å². The van der Waals surface area contributed by atoms with Crippen LogP contribution in [0.4, 0.5) is 5.69 Å². The first-order valence-electron chi connectivity index (χ1n) is 6.88. The van der Waals surface area contributed by atoms with Crippen molar-refractivity contribution in [2.75, 3.05) is 12.8 Å². The molecule has 0 amide bonds. The number of nitrogens with two attached hydrogens (primary N) is 1. The fraction of sp³-hybridized carbons (Fsp3) is 0.500. The number of tetrazole rings is 1. The average Bonchev–Trinajstić information content (AvgIpc) is 3.09. The fourth-order valence-electron chi connectivity index (χ4n) is 2.95.